The van der Waals surface area contributed by atoms with Crippen molar-refractivity contribution in [3.05, 3.63) is 27.5 Å². The van der Waals surface area contributed by atoms with Crippen LogP contribution in [-0.4, -0.2) is 18.1 Å². The van der Waals surface area contributed by atoms with E-state index in [0.29, 0.717) is 15.7 Å². The SMILES string of the molecule is COC(=O)c1cc(Cl)c(Cl)c(C)n1. The Labute approximate surface area is 85.6 Å². The van der Waals surface area contributed by atoms with Crippen LogP contribution in [0.3, 0.4) is 0 Å². The molecule has 0 aliphatic heterocycles. The number of hydrogen-bond donors (Lipinski definition) is 0. The first kappa shape index (κ1) is 10.3. The highest BCUT2D eigenvalue weighted by molar-refractivity contribution is 6.42. The van der Waals surface area contributed by atoms with Crippen molar-refractivity contribution in [2.45, 2.75) is 6.92 Å². The van der Waals surface area contributed by atoms with E-state index in [2.05, 4.69) is 9.72 Å². The molecule has 0 unspecified atom stereocenters. The largest absolute Gasteiger partial charge is 0.464 e. The van der Waals surface area contributed by atoms with E-state index in [1.807, 2.05) is 0 Å². The highest BCUT2D eigenvalue weighted by Crippen LogP contribution is 2.24. The van der Waals surface area contributed by atoms with Crippen LogP contribution in [0.1, 0.15) is 16.2 Å². The molecule has 70 valence electrons. The minimum atomic E-state index is -0.526. The predicted octanol–water partition coefficient (Wildman–Crippen LogP) is 2.48. The molecule has 0 aromatic carbocycles. The summed E-state index contributed by atoms with van der Waals surface area (Å²) in [5, 5.41) is 0.656. The zero-order chi connectivity index (χ0) is 10.0. The molecule has 0 fully saturated rings. The molecule has 0 saturated carbocycles. The third-order valence-electron chi connectivity index (χ3n) is 1.47. The number of esters is 1. The molecule has 0 spiro atoms. The summed E-state index contributed by atoms with van der Waals surface area (Å²) in [5.74, 6) is -0.526. The summed E-state index contributed by atoms with van der Waals surface area (Å²) in [4.78, 5) is 15.0. The first-order chi connectivity index (χ1) is 6.06. The summed E-state index contributed by atoms with van der Waals surface area (Å²) >= 11 is 11.5. The Morgan fingerprint density at radius 3 is 2.62 bits per heavy atom. The molecule has 5 heteroatoms. The van der Waals surface area contributed by atoms with Crippen LogP contribution in [0.2, 0.25) is 10.0 Å². The van der Waals surface area contributed by atoms with Crippen molar-refractivity contribution in [3.8, 4) is 0 Å². The van der Waals surface area contributed by atoms with Gasteiger partial charge in [-0.1, -0.05) is 23.2 Å². The van der Waals surface area contributed by atoms with Gasteiger partial charge in [-0.2, -0.15) is 0 Å². The molecular weight excluding hydrogens is 213 g/mol. The van der Waals surface area contributed by atoms with Gasteiger partial charge in [0.2, 0.25) is 0 Å². The van der Waals surface area contributed by atoms with Crippen LogP contribution < -0.4 is 0 Å². The van der Waals surface area contributed by atoms with Gasteiger partial charge >= 0.3 is 5.97 Å². The number of nitrogens with zero attached hydrogens (tertiary/aromatic N) is 1. The Balaban J connectivity index is 3.20. The predicted molar refractivity (Wildman–Crippen MR) is 50.3 cm³/mol. The minimum absolute atomic E-state index is 0.161. The molecule has 1 aromatic rings. The molecule has 0 bridgehead atoms. The summed E-state index contributed by atoms with van der Waals surface area (Å²) < 4.78 is 4.48. The van der Waals surface area contributed by atoms with Crippen LogP contribution in [0.25, 0.3) is 0 Å². The molecule has 1 heterocycles. The fraction of sp³-hybridized carbons (Fsp3) is 0.250. The van der Waals surface area contributed by atoms with E-state index in [4.69, 9.17) is 23.2 Å². The van der Waals surface area contributed by atoms with Crippen LogP contribution in [-0.2, 0) is 4.74 Å². The maximum absolute atomic E-state index is 11.0. The molecule has 3 nitrogen and oxygen atoms in total. The summed E-state index contributed by atoms with van der Waals surface area (Å²) in [6, 6.07) is 1.38. The number of ether oxygens (including phenoxy) is 1. The zero-order valence-corrected chi connectivity index (χ0v) is 8.61. The van der Waals surface area contributed by atoms with E-state index in [1.54, 1.807) is 6.92 Å². The van der Waals surface area contributed by atoms with Crippen LogP contribution in [0.5, 0.6) is 0 Å². The zero-order valence-electron chi connectivity index (χ0n) is 7.10. The van der Waals surface area contributed by atoms with Crippen LogP contribution in [0.4, 0.5) is 0 Å². The number of carbonyl (C=O) groups is 1. The quantitative estimate of drug-likeness (QED) is 0.682. The number of carbonyl (C=O) groups excluding carboxylic acids is 1. The van der Waals surface area contributed by atoms with Gasteiger partial charge in [0.25, 0.3) is 0 Å². The number of hydrogen-bond acceptors (Lipinski definition) is 3. The normalized spacial score (nSPS) is 9.85. The number of methoxy groups -OCH3 is 1. The molecule has 0 aliphatic carbocycles. The Kier molecular flexibility index (Phi) is 3.12. The summed E-state index contributed by atoms with van der Waals surface area (Å²) in [6.07, 6.45) is 0. The first-order valence-corrected chi connectivity index (χ1v) is 4.22. The van der Waals surface area contributed by atoms with Crippen molar-refractivity contribution in [2.24, 2.45) is 0 Å². The summed E-state index contributed by atoms with van der Waals surface area (Å²) in [7, 11) is 1.28. The highest BCUT2D eigenvalue weighted by atomic mass is 35.5. The smallest absolute Gasteiger partial charge is 0.356 e. The lowest BCUT2D eigenvalue weighted by molar-refractivity contribution is 0.0594. The van der Waals surface area contributed by atoms with Crippen LogP contribution in [0, 0.1) is 6.92 Å². The van der Waals surface area contributed by atoms with Crippen molar-refractivity contribution in [1.82, 2.24) is 4.98 Å². The van der Waals surface area contributed by atoms with Crippen molar-refractivity contribution < 1.29 is 9.53 Å². The minimum Gasteiger partial charge on any atom is -0.464 e. The fourth-order valence-electron chi connectivity index (χ4n) is 0.827. The first-order valence-electron chi connectivity index (χ1n) is 3.47. The second kappa shape index (κ2) is 3.94. The standard InChI is InChI=1S/C8H7Cl2NO2/c1-4-7(10)5(9)3-6(11-4)8(12)13-2/h3H,1-2H3. The van der Waals surface area contributed by atoms with E-state index in [1.165, 1.54) is 13.2 Å². The van der Waals surface area contributed by atoms with Gasteiger partial charge in [-0.25, -0.2) is 9.78 Å². The van der Waals surface area contributed by atoms with E-state index >= 15 is 0 Å². The molecule has 0 radical (unpaired) electrons. The van der Waals surface area contributed by atoms with Gasteiger partial charge in [0.1, 0.15) is 5.69 Å². The summed E-state index contributed by atoms with van der Waals surface area (Å²) in [6.45, 7) is 1.67. The molecule has 1 aromatic heterocycles. The topological polar surface area (TPSA) is 39.2 Å². The Morgan fingerprint density at radius 1 is 1.54 bits per heavy atom. The lowest BCUT2D eigenvalue weighted by atomic mass is 10.3. The van der Waals surface area contributed by atoms with Gasteiger partial charge in [0.05, 0.1) is 22.8 Å². The average Bonchev–Trinajstić information content (AvgIpc) is 2.12. The second-order valence-electron chi connectivity index (χ2n) is 2.38. The molecule has 0 atom stereocenters. The van der Waals surface area contributed by atoms with Crippen molar-refractivity contribution in [2.75, 3.05) is 7.11 Å². The van der Waals surface area contributed by atoms with E-state index in [-0.39, 0.29) is 5.69 Å². The molecule has 1 rings (SSSR count). The van der Waals surface area contributed by atoms with Gasteiger partial charge < -0.3 is 4.74 Å². The monoisotopic (exact) mass is 219 g/mol. The lowest BCUT2D eigenvalue weighted by Crippen LogP contribution is -2.05. The third-order valence-corrected chi connectivity index (χ3v) is 2.35. The van der Waals surface area contributed by atoms with Gasteiger partial charge in [-0.3, -0.25) is 0 Å². The average molecular weight is 220 g/mol. The molecule has 0 amide bonds. The number of pyridine rings is 1. The maximum atomic E-state index is 11.0. The van der Waals surface area contributed by atoms with Crippen molar-refractivity contribution in [1.29, 1.82) is 0 Å². The Bertz CT molecular complexity index is 329. The number of aryl methyl sites for hydroxylation is 1. The molecule has 0 aliphatic rings. The van der Waals surface area contributed by atoms with E-state index < -0.39 is 5.97 Å². The Hall–Kier alpha value is -0.800. The number of halogens is 2. The van der Waals surface area contributed by atoms with Gasteiger partial charge in [-0.05, 0) is 13.0 Å². The number of aromatic nitrogens is 1. The van der Waals surface area contributed by atoms with Crippen LogP contribution in [0.15, 0.2) is 6.07 Å². The molecule has 0 saturated heterocycles. The lowest BCUT2D eigenvalue weighted by Gasteiger charge is -2.03. The Morgan fingerprint density at radius 2 is 2.15 bits per heavy atom. The second-order valence-corrected chi connectivity index (χ2v) is 3.17. The maximum Gasteiger partial charge on any atom is 0.356 e. The molecule has 13 heavy (non-hydrogen) atoms. The fourth-order valence-corrected chi connectivity index (χ4v) is 1.16. The summed E-state index contributed by atoms with van der Waals surface area (Å²) in [5.41, 5.74) is 0.670. The molecule has 0 N–H and O–H groups in total. The van der Waals surface area contributed by atoms with Crippen molar-refractivity contribution in [3.63, 3.8) is 0 Å². The molecular formula is C8H7Cl2NO2. The van der Waals surface area contributed by atoms with Gasteiger partial charge in [0, 0.05) is 0 Å². The van der Waals surface area contributed by atoms with Crippen LogP contribution >= 0.6 is 23.2 Å². The van der Waals surface area contributed by atoms with Gasteiger partial charge in [0.15, 0.2) is 0 Å². The van der Waals surface area contributed by atoms with E-state index in [0.717, 1.165) is 0 Å². The van der Waals surface area contributed by atoms with E-state index in [9.17, 15) is 4.79 Å². The van der Waals surface area contributed by atoms with Gasteiger partial charge in [-0.15, -0.1) is 0 Å². The highest BCUT2D eigenvalue weighted by Gasteiger charge is 2.11. The third kappa shape index (κ3) is 2.11. The number of rotatable bonds is 1. The van der Waals surface area contributed by atoms with Crippen molar-refractivity contribution >= 4 is 29.2 Å².